The lowest BCUT2D eigenvalue weighted by Gasteiger charge is -2.28. The molecular weight excluding hydrogens is 162 g/mol. The van der Waals surface area contributed by atoms with Gasteiger partial charge in [0.1, 0.15) is 0 Å². The van der Waals surface area contributed by atoms with Crippen molar-refractivity contribution in [1.29, 1.82) is 0 Å². The largest absolute Gasteiger partial charge is 0.314 e. The number of likely N-dealkylation sites (tertiary alicyclic amines) is 1. The van der Waals surface area contributed by atoms with Gasteiger partial charge in [0.05, 0.1) is 12.6 Å². The predicted molar refractivity (Wildman–Crippen MR) is 44.5 cm³/mol. The van der Waals surface area contributed by atoms with E-state index in [9.17, 15) is 8.78 Å². The number of hydrogen-bond acceptors (Lipinski definition) is 2. The van der Waals surface area contributed by atoms with Crippen LogP contribution in [0.5, 0.6) is 0 Å². The Labute approximate surface area is 71.9 Å². The van der Waals surface area contributed by atoms with Crippen LogP contribution in [-0.4, -0.2) is 44.0 Å². The highest BCUT2D eigenvalue weighted by atomic mass is 19.3. The topological polar surface area (TPSA) is 15.3 Å². The maximum Gasteiger partial charge on any atom is 0.275 e. The van der Waals surface area contributed by atoms with E-state index < -0.39 is 12.0 Å². The van der Waals surface area contributed by atoms with E-state index in [1.807, 2.05) is 0 Å². The summed E-state index contributed by atoms with van der Waals surface area (Å²) in [6.07, 6.45) is 1.51. The molecule has 0 aliphatic carbocycles. The lowest BCUT2D eigenvalue weighted by Crippen LogP contribution is -2.47. The first-order chi connectivity index (χ1) is 5.58. The van der Waals surface area contributed by atoms with Crippen LogP contribution in [0.25, 0.3) is 0 Å². The van der Waals surface area contributed by atoms with Crippen molar-refractivity contribution in [2.75, 3.05) is 27.2 Å². The van der Waals surface area contributed by atoms with Crippen LogP contribution in [0.2, 0.25) is 0 Å². The lowest BCUT2D eigenvalue weighted by atomic mass is 10.1. The summed E-state index contributed by atoms with van der Waals surface area (Å²) in [6.45, 7) is 0.575. The van der Waals surface area contributed by atoms with E-state index in [2.05, 4.69) is 5.32 Å². The van der Waals surface area contributed by atoms with Gasteiger partial charge < -0.3 is 5.32 Å². The fraction of sp³-hybridized carbons (Fsp3) is 1.00. The van der Waals surface area contributed by atoms with Gasteiger partial charge in [-0.3, -0.25) is 4.90 Å². The molecule has 0 spiro atoms. The standard InChI is InChI=1S/C8H16F2N2/c1-11-6-8(9,10)7-4-3-5-12(7)2/h7,11H,3-6H2,1-2H3. The number of nitrogens with zero attached hydrogens (tertiary/aromatic N) is 1. The summed E-state index contributed by atoms with van der Waals surface area (Å²) >= 11 is 0. The second kappa shape index (κ2) is 3.66. The van der Waals surface area contributed by atoms with E-state index in [0.29, 0.717) is 6.42 Å². The molecule has 1 aliphatic rings. The molecule has 1 atom stereocenters. The Morgan fingerprint density at radius 3 is 2.67 bits per heavy atom. The average molecular weight is 178 g/mol. The molecule has 1 rings (SSSR count). The third-order valence-electron chi connectivity index (χ3n) is 2.42. The second-order valence-electron chi connectivity index (χ2n) is 3.43. The summed E-state index contributed by atoms with van der Waals surface area (Å²) in [7, 11) is 3.32. The quantitative estimate of drug-likeness (QED) is 0.691. The highest BCUT2D eigenvalue weighted by Gasteiger charge is 2.43. The third kappa shape index (κ3) is 1.93. The number of alkyl halides is 2. The first-order valence-electron chi connectivity index (χ1n) is 4.30. The second-order valence-corrected chi connectivity index (χ2v) is 3.43. The molecule has 0 aromatic rings. The van der Waals surface area contributed by atoms with Crippen molar-refractivity contribution >= 4 is 0 Å². The molecule has 0 saturated carbocycles. The fourth-order valence-corrected chi connectivity index (χ4v) is 1.80. The van der Waals surface area contributed by atoms with E-state index in [-0.39, 0.29) is 6.54 Å². The van der Waals surface area contributed by atoms with E-state index in [0.717, 1.165) is 13.0 Å². The zero-order valence-electron chi connectivity index (χ0n) is 7.61. The molecule has 72 valence electrons. The molecule has 1 aliphatic heterocycles. The maximum atomic E-state index is 13.3. The molecular formula is C8H16F2N2. The van der Waals surface area contributed by atoms with E-state index in [1.54, 1.807) is 19.0 Å². The summed E-state index contributed by atoms with van der Waals surface area (Å²) < 4.78 is 26.6. The SMILES string of the molecule is CNCC(F)(F)C1CCCN1C. The normalized spacial score (nSPS) is 26.5. The molecule has 0 amide bonds. The van der Waals surface area contributed by atoms with Gasteiger partial charge in [-0.2, -0.15) is 0 Å². The van der Waals surface area contributed by atoms with Gasteiger partial charge in [-0.05, 0) is 33.5 Å². The Bertz CT molecular complexity index is 150. The molecule has 1 unspecified atom stereocenters. The Morgan fingerprint density at radius 1 is 1.58 bits per heavy atom. The van der Waals surface area contributed by atoms with Gasteiger partial charge in [0.2, 0.25) is 0 Å². The Balaban J connectivity index is 2.54. The van der Waals surface area contributed by atoms with Crippen molar-refractivity contribution in [1.82, 2.24) is 10.2 Å². The number of halogens is 2. The summed E-state index contributed by atoms with van der Waals surface area (Å²) in [4.78, 5) is 1.75. The Kier molecular flexibility index (Phi) is 3.01. The highest BCUT2D eigenvalue weighted by molar-refractivity contribution is 4.89. The van der Waals surface area contributed by atoms with Crippen molar-refractivity contribution in [3.63, 3.8) is 0 Å². The summed E-state index contributed by atoms with van der Waals surface area (Å²) in [5.74, 6) is -2.58. The van der Waals surface area contributed by atoms with E-state index >= 15 is 0 Å². The van der Waals surface area contributed by atoms with Crippen LogP contribution in [0.15, 0.2) is 0 Å². The van der Waals surface area contributed by atoms with Crippen LogP contribution in [0, 0.1) is 0 Å². The fourth-order valence-electron chi connectivity index (χ4n) is 1.80. The molecule has 0 aromatic heterocycles. The first-order valence-corrected chi connectivity index (χ1v) is 4.30. The molecule has 1 heterocycles. The van der Waals surface area contributed by atoms with Crippen molar-refractivity contribution in [2.24, 2.45) is 0 Å². The molecule has 12 heavy (non-hydrogen) atoms. The molecule has 1 fully saturated rings. The smallest absolute Gasteiger partial charge is 0.275 e. The van der Waals surface area contributed by atoms with Crippen LogP contribution in [-0.2, 0) is 0 Å². The molecule has 1 saturated heterocycles. The predicted octanol–water partition coefficient (Wildman–Crippen LogP) is 0.935. The maximum absolute atomic E-state index is 13.3. The van der Waals surface area contributed by atoms with Crippen LogP contribution < -0.4 is 5.32 Å². The molecule has 0 radical (unpaired) electrons. The lowest BCUT2D eigenvalue weighted by molar-refractivity contribution is -0.0594. The first kappa shape index (κ1) is 9.86. The van der Waals surface area contributed by atoms with Crippen molar-refractivity contribution < 1.29 is 8.78 Å². The van der Waals surface area contributed by atoms with Gasteiger partial charge in [-0.15, -0.1) is 0 Å². The summed E-state index contributed by atoms with van der Waals surface area (Å²) in [6, 6.07) is -0.565. The minimum absolute atomic E-state index is 0.220. The van der Waals surface area contributed by atoms with E-state index in [1.165, 1.54) is 0 Å². The minimum Gasteiger partial charge on any atom is -0.314 e. The van der Waals surface area contributed by atoms with Crippen LogP contribution in [0.4, 0.5) is 8.78 Å². The highest BCUT2D eigenvalue weighted by Crippen LogP contribution is 2.29. The van der Waals surface area contributed by atoms with Crippen molar-refractivity contribution in [2.45, 2.75) is 24.8 Å². The Hall–Kier alpha value is -0.220. The van der Waals surface area contributed by atoms with Gasteiger partial charge in [-0.1, -0.05) is 0 Å². The molecule has 0 bridgehead atoms. The average Bonchev–Trinajstić information content (AvgIpc) is 2.35. The summed E-state index contributed by atoms with van der Waals surface area (Å²) in [5.41, 5.74) is 0. The monoisotopic (exact) mass is 178 g/mol. The third-order valence-corrected chi connectivity index (χ3v) is 2.42. The number of nitrogens with one attached hydrogen (secondary N) is 1. The molecule has 4 heteroatoms. The van der Waals surface area contributed by atoms with Gasteiger partial charge in [0.15, 0.2) is 0 Å². The van der Waals surface area contributed by atoms with Gasteiger partial charge in [0, 0.05) is 0 Å². The van der Waals surface area contributed by atoms with Gasteiger partial charge in [0.25, 0.3) is 5.92 Å². The van der Waals surface area contributed by atoms with Crippen molar-refractivity contribution in [3.05, 3.63) is 0 Å². The Morgan fingerprint density at radius 2 is 2.25 bits per heavy atom. The van der Waals surface area contributed by atoms with Gasteiger partial charge >= 0.3 is 0 Å². The van der Waals surface area contributed by atoms with Crippen LogP contribution in [0.3, 0.4) is 0 Å². The molecule has 2 nitrogen and oxygen atoms in total. The molecule has 1 N–H and O–H groups in total. The number of hydrogen-bond donors (Lipinski definition) is 1. The van der Waals surface area contributed by atoms with Crippen LogP contribution >= 0.6 is 0 Å². The minimum atomic E-state index is -2.58. The number of rotatable bonds is 3. The summed E-state index contributed by atoms with van der Waals surface area (Å²) in [5, 5.41) is 2.53. The zero-order chi connectivity index (χ0) is 9.19. The van der Waals surface area contributed by atoms with Crippen molar-refractivity contribution in [3.8, 4) is 0 Å². The van der Waals surface area contributed by atoms with Crippen LogP contribution in [0.1, 0.15) is 12.8 Å². The van der Waals surface area contributed by atoms with Gasteiger partial charge in [-0.25, -0.2) is 8.78 Å². The molecule has 0 aromatic carbocycles. The zero-order valence-corrected chi connectivity index (χ0v) is 7.61. The van der Waals surface area contributed by atoms with E-state index in [4.69, 9.17) is 0 Å².